The summed E-state index contributed by atoms with van der Waals surface area (Å²) in [5.41, 5.74) is 14.9. The van der Waals surface area contributed by atoms with Crippen molar-refractivity contribution < 1.29 is 4.79 Å². The highest BCUT2D eigenvalue weighted by Crippen LogP contribution is 2.29. The van der Waals surface area contributed by atoms with E-state index < -0.39 is 6.04 Å². The summed E-state index contributed by atoms with van der Waals surface area (Å²) >= 11 is 0. The van der Waals surface area contributed by atoms with Crippen molar-refractivity contribution in [3.8, 4) is 0 Å². The molecule has 1 aromatic heterocycles. The maximum atomic E-state index is 12.1. The number of amides is 1. The van der Waals surface area contributed by atoms with Crippen LogP contribution in [-0.2, 0) is 17.6 Å². The van der Waals surface area contributed by atoms with Gasteiger partial charge >= 0.3 is 0 Å². The highest BCUT2D eigenvalue weighted by Gasteiger charge is 2.29. The molecule has 5 N–H and O–H groups in total. The van der Waals surface area contributed by atoms with Crippen LogP contribution in [0, 0.1) is 5.92 Å². The molecule has 2 aliphatic carbocycles. The van der Waals surface area contributed by atoms with Crippen LogP contribution in [0.2, 0.25) is 0 Å². The first-order valence-electron chi connectivity index (χ1n) is 7.43. The second-order valence-electron chi connectivity index (χ2n) is 6.04. The predicted octanol–water partition coefficient (Wildman–Crippen LogP) is 0.963. The smallest absolute Gasteiger partial charge is 0.241 e. The Balaban J connectivity index is 1.68. The first-order chi connectivity index (χ1) is 9.63. The molecule has 20 heavy (non-hydrogen) atoms. The summed E-state index contributed by atoms with van der Waals surface area (Å²) < 4.78 is 0. The molecule has 2 unspecified atom stereocenters. The highest BCUT2D eigenvalue weighted by atomic mass is 16.2. The zero-order valence-corrected chi connectivity index (χ0v) is 11.6. The summed E-state index contributed by atoms with van der Waals surface area (Å²) in [6.45, 7) is 0. The van der Waals surface area contributed by atoms with Gasteiger partial charge in [-0.05, 0) is 49.7 Å². The molecule has 0 spiro atoms. The van der Waals surface area contributed by atoms with E-state index in [4.69, 9.17) is 11.5 Å². The summed E-state index contributed by atoms with van der Waals surface area (Å²) in [5.74, 6) is 0.241. The van der Waals surface area contributed by atoms with Gasteiger partial charge in [0.05, 0.1) is 17.9 Å². The number of fused-ring (bicyclic) bond motifs is 1. The lowest BCUT2D eigenvalue weighted by molar-refractivity contribution is -0.119. The molecule has 1 saturated carbocycles. The fourth-order valence-electron chi connectivity index (χ4n) is 2.95. The molecule has 2 aliphatic rings. The first-order valence-corrected chi connectivity index (χ1v) is 7.43. The third-order valence-electron chi connectivity index (χ3n) is 4.52. The summed E-state index contributed by atoms with van der Waals surface area (Å²) in [6, 6.07) is 1.79. The van der Waals surface area contributed by atoms with Crippen LogP contribution in [0.4, 0.5) is 5.69 Å². The molecule has 0 aliphatic heterocycles. The van der Waals surface area contributed by atoms with Crippen molar-refractivity contribution in [3.63, 3.8) is 0 Å². The number of nitrogens with two attached hydrogens (primary N) is 2. The lowest BCUT2D eigenvalue weighted by atomic mass is 9.80. The Morgan fingerprint density at radius 1 is 1.40 bits per heavy atom. The van der Waals surface area contributed by atoms with Gasteiger partial charge in [-0.2, -0.15) is 0 Å². The van der Waals surface area contributed by atoms with Gasteiger partial charge in [-0.1, -0.05) is 6.42 Å². The lowest BCUT2D eigenvalue weighted by Crippen LogP contribution is -2.44. The second kappa shape index (κ2) is 5.50. The average molecular weight is 274 g/mol. The summed E-state index contributed by atoms with van der Waals surface area (Å²) in [6.07, 6.45) is 7.77. The molecule has 108 valence electrons. The number of aromatic nitrogens is 1. The Kier molecular flexibility index (Phi) is 3.72. The van der Waals surface area contributed by atoms with Gasteiger partial charge in [0.15, 0.2) is 0 Å². The van der Waals surface area contributed by atoms with Crippen molar-refractivity contribution in [2.75, 3.05) is 5.32 Å². The molecular formula is C15H22N4O. The van der Waals surface area contributed by atoms with Crippen molar-refractivity contribution in [2.24, 2.45) is 17.4 Å². The molecule has 3 rings (SSSR count). The minimum absolute atomic E-state index is 0.100. The van der Waals surface area contributed by atoms with E-state index in [9.17, 15) is 4.79 Å². The molecule has 1 aromatic rings. The molecule has 2 atom stereocenters. The van der Waals surface area contributed by atoms with Gasteiger partial charge in [-0.15, -0.1) is 0 Å². The van der Waals surface area contributed by atoms with Crippen molar-refractivity contribution in [1.29, 1.82) is 0 Å². The SMILES string of the molecule is NC1CCc2ncc(NC(=O)C(N)C3CCC3)cc2C1. The van der Waals surface area contributed by atoms with Crippen LogP contribution in [0.15, 0.2) is 12.3 Å². The molecule has 1 amide bonds. The number of hydrogen-bond donors (Lipinski definition) is 3. The van der Waals surface area contributed by atoms with Crippen LogP contribution >= 0.6 is 0 Å². The third kappa shape index (κ3) is 2.69. The van der Waals surface area contributed by atoms with Gasteiger partial charge in [0.25, 0.3) is 0 Å². The van der Waals surface area contributed by atoms with E-state index >= 15 is 0 Å². The Hall–Kier alpha value is -1.46. The van der Waals surface area contributed by atoms with Gasteiger partial charge < -0.3 is 16.8 Å². The van der Waals surface area contributed by atoms with Crippen molar-refractivity contribution in [2.45, 2.75) is 50.6 Å². The van der Waals surface area contributed by atoms with Crippen LogP contribution in [-0.4, -0.2) is 23.0 Å². The molecule has 5 heteroatoms. The maximum Gasteiger partial charge on any atom is 0.241 e. The van der Waals surface area contributed by atoms with E-state index in [1.807, 2.05) is 6.07 Å². The number of nitrogens with zero attached hydrogens (tertiary/aromatic N) is 1. The molecule has 0 bridgehead atoms. The number of pyridine rings is 1. The highest BCUT2D eigenvalue weighted by molar-refractivity contribution is 5.94. The number of aryl methyl sites for hydroxylation is 1. The quantitative estimate of drug-likeness (QED) is 0.765. The van der Waals surface area contributed by atoms with Gasteiger partial charge in [-0.25, -0.2) is 0 Å². The molecule has 1 fully saturated rings. The number of carbonyl (C=O) groups excluding carboxylic acids is 1. The molecule has 0 saturated heterocycles. The zero-order chi connectivity index (χ0) is 14.1. The molecule has 0 aromatic carbocycles. The lowest BCUT2D eigenvalue weighted by Gasteiger charge is -2.30. The Labute approximate surface area is 119 Å². The number of carbonyl (C=O) groups is 1. The summed E-state index contributed by atoms with van der Waals surface area (Å²) in [7, 11) is 0. The largest absolute Gasteiger partial charge is 0.327 e. The monoisotopic (exact) mass is 274 g/mol. The van der Waals surface area contributed by atoms with Crippen LogP contribution < -0.4 is 16.8 Å². The van der Waals surface area contributed by atoms with Gasteiger partial charge in [0.2, 0.25) is 5.91 Å². The van der Waals surface area contributed by atoms with Crippen LogP contribution in [0.5, 0.6) is 0 Å². The van der Waals surface area contributed by atoms with Crippen LogP contribution in [0.1, 0.15) is 36.9 Å². The van der Waals surface area contributed by atoms with Crippen molar-refractivity contribution >= 4 is 11.6 Å². The Morgan fingerprint density at radius 2 is 2.20 bits per heavy atom. The van der Waals surface area contributed by atoms with Crippen LogP contribution in [0.25, 0.3) is 0 Å². The normalized spacial score (nSPS) is 23.6. The molecule has 0 radical (unpaired) electrons. The predicted molar refractivity (Wildman–Crippen MR) is 78.2 cm³/mol. The van der Waals surface area contributed by atoms with Gasteiger partial charge in [0.1, 0.15) is 0 Å². The fourth-order valence-corrected chi connectivity index (χ4v) is 2.95. The van der Waals surface area contributed by atoms with Gasteiger partial charge in [-0.3, -0.25) is 9.78 Å². The van der Waals surface area contributed by atoms with E-state index in [2.05, 4.69) is 10.3 Å². The maximum absolute atomic E-state index is 12.1. The number of anilines is 1. The average Bonchev–Trinajstić information content (AvgIpc) is 2.36. The van der Waals surface area contributed by atoms with E-state index in [-0.39, 0.29) is 11.9 Å². The standard InChI is InChI=1S/C15H22N4O/c16-11-4-5-13-10(6-11)7-12(8-18-13)19-15(20)14(17)9-2-1-3-9/h7-9,11,14H,1-6,16-17H2,(H,19,20). The topological polar surface area (TPSA) is 94.0 Å². The van der Waals surface area contributed by atoms with Crippen molar-refractivity contribution in [1.82, 2.24) is 4.98 Å². The third-order valence-corrected chi connectivity index (χ3v) is 4.52. The van der Waals surface area contributed by atoms with E-state index in [0.717, 1.165) is 49.0 Å². The van der Waals surface area contributed by atoms with Crippen LogP contribution in [0.3, 0.4) is 0 Å². The van der Waals surface area contributed by atoms with E-state index in [0.29, 0.717) is 5.92 Å². The molecular weight excluding hydrogens is 252 g/mol. The van der Waals surface area contributed by atoms with E-state index in [1.165, 1.54) is 6.42 Å². The van der Waals surface area contributed by atoms with Gasteiger partial charge in [0, 0.05) is 11.7 Å². The number of nitrogens with one attached hydrogen (secondary N) is 1. The fraction of sp³-hybridized carbons (Fsp3) is 0.600. The number of rotatable bonds is 3. The summed E-state index contributed by atoms with van der Waals surface area (Å²) in [4.78, 5) is 16.5. The van der Waals surface area contributed by atoms with Crippen molar-refractivity contribution in [3.05, 3.63) is 23.5 Å². The minimum Gasteiger partial charge on any atom is -0.327 e. The Bertz CT molecular complexity index is 513. The molecule has 1 heterocycles. The Morgan fingerprint density at radius 3 is 2.90 bits per heavy atom. The summed E-state index contributed by atoms with van der Waals surface area (Å²) in [5, 5.41) is 2.89. The van der Waals surface area contributed by atoms with E-state index in [1.54, 1.807) is 6.20 Å². The molecule has 5 nitrogen and oxygen atoms in total. The first kappa shape index (κ1) is 13.5. The second-order valence-corrected chi connectivity index (χ2v) is 6.04. The minimum atomic E-state index is -0.401. The zero-order valence-electron chi connectivity index (χ0n) is 11.6. The number of hydrogen-bond acceptors (Lipinski definition) is 4.